The van der Waals surface area contributed by atoms with E-state index >= 15 is 0 Å². The van der Waals surface area contributed by atoms with Gasteiger partial charge in [-0.2, -0.15) is 0 Å². The van der Waals surface area contributed by atoms with Crippen LogP contribution in [0.2, 0.25) is 0 Å². The van der Waals surface area contributed by atoms with Gasteiger partial charge in [0.1, 0.15) is 0 Å². The van der Waals surface area contributed by atoms with Gasteiger partial charge < -0.3 is 14.7 Å². The summed E-state index contributed by atoms with van der Waals surface area (Å²) in [4.78, 5) is 17.0. The monoisotopic (exact) mass is 298 g/mol. The first-order valence-electron chi connectivity index (χ1n) is 8.47. The van der Waals surface area contributed by atoms with E-state index in [4.69, 9.17) is 9.84 Å². The van der Waals surface area contributed by atoms with Crippen LogP contribution in [-0.2, 0) is 9.53 Å². The van der Waals surface area contributed by atoms with Crippen molar-refractivity contribution in [2.45, 2.75) is 57.6 Å². The molecule has 1 atom stereocenters. The molecule has 1 N–H and O–H groups in total. The number of hydrogen-bond acceptors (Lipinski definition) is 4. The molecule has 0 aromatic heterocycles. The maximum Gasteiger partial charge on any atom is 0.239 e. The Kier molecular flexibility index (Phi) is 6.93. The molecule has 5 heteroatoms. The number of amides is 1. The van der Waals surface area contributed by atoms with Gasteiger partial charge in [-0.25, -0.2) is 0 Å². The molecule has 2 aliphatic rings. The molecule has 5 nitrogen and oxygen atoms in total. The number of hydrogen-bond donors (Lipinski definition) is 1. The number of piperidine rings is 1. The third kappa shape index (κ3) is 4.94. The highest BCUT2D eigenvalue weighted by Gasteiger charge is 2.29. The maximum absolute atomic E-state index is 12.6. The summed E-state index contributed by atoms with van der Waals surface area (Å²) < 4.78 is 5.58. The Balaban J connectivity index is 1.77. The fourth-order valence-electron chi connectivity index (χ4n) is 3.36. The summed E-state index contributed by atoms with van der Waals surface area (Å²) in [5.41, 5.74) is 0. The van der Waals surface area contributed by atoms with E-state index in [1.54, 1.807) is 0 Å². The molecule has 1 amide bonds. The van der Waals surface area contributed by atoms with Crippen molar-refractivity contribution in [2.75, 3.05) is 39.4 Å². The van der Waals surface area contributed by atoms with Gasteiger partial charge in [0, 0.05) is 26.2 Å². The van der Waals surface area contributed by atoms with Gasteiger partial charge in [-0.3, -0.25) is 9.69 Å². The van der Waals surface area contributed by atoms with Gasteiger partial charge in [0.15, 0.2) is 0 Å². The molecule has 0 radical (unpaired) electrons. The van der Waals surface area contributed by atoms with Gasteiger partial charge in [-0.1, -0.05) is 12.8 Å². The molecule has 0 aromatic carbocycles. The molecule has 21 heavy (non-hydrogen) atoms. The predicted octanol–water partition coefficient (Wildman–Crippen LogP) is 1.25. The van der Waals surface area contributed by atoms with E-state index in [-0.39, 0.29) is 18.8 Å². The Morgan fingerprint density at radius 3 is 2.33 bits per heavy atom. The van der Waals surface area contributed by atoms with Crippen molar-refractivity contribution in [1.29, 1.82) is 0 Å². The highest BCUT2D eigenvalue weighted by molar-refractivity contribution is 5.81. The van der Waals surface area contributed by atoms with Crippen LogP contribution in [0.1, 0.15) is 45.4 Å². The van der Waals surface area contributed by atoms with Gasteiger partial charge in [0.25, 0.3) is 0 Å². The molecule has 0 aromatic rings. The lowest BCUT2D eigenvalue weighted by atomic mass is 10.1. The van der Waals surface area contributed by atoms with Crippen molar-refractivity contribution in [3.8, 4) is 0 Å². The molecule has 2 rings (SSSR count). The first-order valence-corrected chi connectivity index (χ1v) is 8.47. The summed E-state index contributed by atoms with van der Waals surface area (Å²) in [5, 5.41) is 8.79. The standard InChI is InChI=1S/C16H30N2O3/c1-14(16(20)18-8-4-2-3-5-9-18)17-10-6-15(7-11-17)21-13-12-19/h14-15,19H,2-13H2,1H3. The number of likely N-dealkylation sites (tertiary alicyclic amines) is 2. The molecule has 1 unspecified atom stereocenters. The Hall–Kier alpha value is -0.650. The van der Waals surface area contributed by atoms with Crippen LogP contribution in [0.5, 0.6) is 0 Å². The van der Waals surface area contributed by atoms with Crippen LogP contribution in [0.3, 0.4) is 0 Å². The first-order chi connectivity index (χ1) is 10.2. The Bertz CT molecular complexity index is 309. The fraction of sp³-hybridized carbons (Fsp3) is 0.938. The van der Waals surface area contributed by atoms with Crippen molar-refractivity contribution in [3.05, 3.63) is 0 Å². The van der Waals surface area contributed by atoms with Crippen molar-refractivity contribution >= 4 is 5.91 Å². The van der Waals surface area contributed by atoms with E-state index in [1.807, 2.05) is 6.92 Å². The third-order valence-electron chi connectivity index (χ3n) is 4.74. The zero-order valence-corrected chi connectivity index (χ0v) is 13.3. The number of nitrogens with zero attached hydrogens (tertiary/aromatic N) is 2. The van der Waals surface area contributed by atoms with Crippen molar-refractivity contribution in [1.82, 2.24) is 9.80 Å². The van der Waals surface area contributed by atoms with E-state index < -0.39 is 0 Å². The average molecular weight is 298 g/mol. The average Bonchev–Trinajstić information content (AvgIpc) is 2.81. The molecular formula is C16H30N2O3. The van der Waals surface area contributed by atoms with Gasteiger partial charge in [0.05, 0.1) is 25.4 Å². The van der Waals surface area contributed by atoms with Crippen LogP contribution >= 0.6 is 0 Å². The molecule has 122 valence electrons. The van der Waals surface area contributed by atoms with E-state index in [1.165, 1.54) is 12.8 Å². The molecule has 0 spiro atoms. The molecule has 0 saturated carbocycles. The lowest BCUT2D eigenvalue weighted by Crippen LogP contribution is -2.50. The van der Waals surface area contributed by atoms with Gasteiger partial charge in [-0.05, 0) is 32.6 Å². The molecule has 2 fully saturated rings. The molecule has 0 bridgehead atoms. The maximum atomic E-state index is 12.6. The van der Waals surface area contributed by atoms with Crippen LogP contribution in [0.25, 0.3) is 0 Å². The quantitative estimate of drug-likeness (QED) is 0.830. The van der Waals surface area contributed by atoms with Crippen molar-refractivity contribution in [3.63, 3.8) is 0 Å². The highest BCUT2D eigenvalue weighted by atomic mass is 16.5. The fourth-order valence-corrected chi connectivity index (χ4v) is 3.36. The molecular weight excluding hydrogens is 268 g/mol. The molecule has 0 aliphatic carbocycles. The largest absolute Gasteiger partial charge is 0.394 e. The minimum Gasteiger partial charge on any atom is -0.394 e. The normalized spacial score (nSPS) is 23.8. The highest BCUT2D eigenvalue weighted by Crippen LogP contribution is 2.18. The number of carbonyl (C=O) groups excluding carboxylic acids is 1. The zero-order valence-electron chi connectivity index (χ0n) is 13.3. The number of aliphatic hydroxyl groups excluding tert-OH is 1. The zero-order chi connectivity index (χ0) is 15.1. The summed E-state index contributed by atoms with van der Waals surface area (Å²) in [7, 11) is 0. The van der Waals surface area contributed by atoms with Crippen LogP contribution in [0, 0.1) is 0 Å². The van der Waals surface area contributed by atoms with E-state index in [2.05, 4.69) is 9.80 Å². The second kappa shape index (κ2) is 8.71. The molecule has 2 aliphatic heterocycles. The number of rotatable bonds is 5. The van der Waals surface area contributed by atoms with Crippen molar-refractivity contribution in [2.24, 2.45) is 0 Å². The second-order valence-corrected chi connectivity index (χ2v) is 6.25. The van der Waals surface area contributed by atoms with Gasteiger partial charge in [0.2, 0.25) is 5.91 Å². The Morgan fingerprint density at radius 2 is 1.76 bits per heavy atom. The molecule has 2 heterocycles. The summed E-state index contributed by atoms with van der Waals surface area (Å²) in [6, 6.07) is -0.0121. The van der Waals surface area contributed by atoms with E-state index in [9.17, 15) is 4.79 Å². The summed E-state index contributed by atoms with van der Waals surface area (Å²) in [6.45, 7) is 6.24. The SMILES string of the molecule is CC(C(=O)N1CCCCCC1)N1CCC(OCCO)CC1. The smallest absolute Gasteiger partial charge is 0.239 e. The van der Waals surface area contributed by atoms with E-state index in [0.29, 0.717) is 12.5 Å². The van der Waals surface area contributed by atoms with Crippen molar-refractivity contribution < 1.29 is 14.6 Å². The number of aliphatic hydroxyl groups is 1. The second-order valence-electron chi connectivity index (χ2n) is 6.25. The van der Waals surface area contributed by atoms with Gasteiger partial charge >= 0.3 is 0 Å². The van der Waals surface area contributed by atoms with Crippen LogP contribution < -0.4 is 0 Å². The van der Waals surface area contributed by atoms with E-state index in [0.717, 1.165) is 51.9 Å². The third-order valence-corrected chi connectivity index (χ3v) is 4.74. The number of carbonyl (C=O) groups is 1. The lowest BCUT2D eigenvalue weighted by Gasteiger charge is -2.37. The van der Waals surface area contributed by atoms with Gasteiger partial charge in [-0.15, -0.1) is 0 Å². The Morgan fingerprint density at radius 1 is 1.14 bits per heavy atom. The van der Waals surface area contributed by atoms with Crippen LogP contribution in [-0.4, -0.2) is 72.4 Å². The van der Waals surface area contributed by atoms with Crippen LogP contribution in [0.4, 0.5) is 0 Å². The first kappa shape index (κ1) is 16.7. The summed E-state index contributed by atoms with van der Waals surface area (Å²) >= 11 is 0. The minimum atomic E-state index is -0.0121. The van der Waals surface area contributed by atoms with Crippen LogP contribution in [0.15, 0.2) is 0 Å². The minimum absolute atomic E-state index is 0.0121. The Labute approximate surface area is 128 Å². The summed E-state index contributed by atoms with van der Waals surface area (Å²) in [5.74, 6) is 0.298. The predicted molar refractivity (Wildman–Crippen MR) is 82.1 cm³/mol. The summed E-state index contributed by atoms with van der Waals surface area (Å²) in [6.07, 6.45) is 6.96. The molecule has 2 saturated heterocycles. The number of ether oxygens (including phenoxy) is 1. The topological polar surface area (TPSA) is 53.0 Å². The lowest BCUT2D eigenvalue weighted by molar-refractivity contribution is -0.137.